The van der Waals surface area contributed by atoms with Crippen LogP contribution in [0.25, 0.3) is 21.9 Å². The van der Waals surface area contributed by atoms with E-state index in [-0.39, 0.29) is 39.2 Å². The fraction of sp³-hybridized carbons (Fsp3) is 0.351. The van der Waals surface area contributed by atoms with Crippen LogP contribution in [0.15, 0.2) is 150 Å². The van der Waals surface area contributed by atoms with Crippen LogP contribution in [-0.4, -0.2) is 6.71 Å². The lowest BCUT2D eigenvalue weighted by atomic mass is 9.33. The van der Waals surface area contributed by atoms with Crippen molar-refractivity contribution in [3.05, 3.63) is 190 Å². The Kier molecular flexibility index (Phi) is 11.2. The number of rotatable bonds is 5. The molecule has 2 aliphatic carbocycles. The second kappa shape index (κ2) is 17.3. The van der Waals surface area contributed by atoms with Gasteiger partial charge >= 0.3 is 0 Å². The van der Waals surface area contributed by atoms with Crippen LogP contribution >= 0.6 is 0 Å². The number of anilines is 9. The second-order valence-corrected chi connectivity index (χ2v) is 28.9. The summed E-state index contributed by atoms with van der Waals surface area (Å²) < 4.78 is 6.78. The van der Waals surface area contributed by atoms with Crippen LogP contribution in [0.1, 0.15) is 167 Å². The highest BCUT2D eigenvalue weighted by Gasteiger charge is 2.48. The molecule has 400 valence electrons. The molecule has 0 saturated carbocycles. The summed E-state index contributed by atoms with van der Waals surface area (Å²) in [6.45, 7) is 38.2. The number of para-hydroxylation sites is 2. The number of benzene rings is 8. The van der Waals surface area contributed by atoms with Gasteiger partial charge in [0.15, 0.2) is 0 Å². The van der Waals surface area contributed by atoms with Crippen molar-refractivity contribution >= 4 is 96.2 Å². The number of hydrogen-bond acceptors (Lipinski definition) is 4. The predicted octanol–water partition coefficient (Wildman–Crippen LogP) is 19.0. The molecule has 4 nitrogen and oxygen atoms in total. The fourth-order valence-electron chi connectivity index (χ4n) is 14.3. The Balaban J connectivity index is 1.15. The summed E-state index contributed by atoms with van der Waals surface area (Å²) >= 11 is 0. The average molecular weight is 1040 g/mol. The lowest BCUT2D eigenvalue weighted by Gasteiger charge is -2.48. The zero-order valence-corrected chi connectivity index (χ0v) is 50.0. The maximum atomic E-state index is 6.78. The minimum Gasteiger partial charge on any atom is -0.456 e. The van der Waals surface area contributed by atoms with E-state index in [9.17, 15) is 0 Å². The Morgan fingerprint density at radius 3 is 1.53 bits per heavy atom. The number of nitrogens with zero attached hydrogens (tertiary/aromatic N) is 3. The molecule has 3 heterocycles. The summed E-state index contributed by atoms with van der Waals surface area (Å²) in [4.78, 5) is 7.84. The van der Waals surface area contributed by atoms with Gasteiger partial charge in [0.2, 0.25) is 0 Å². The van der Waals surface area contributed by atoms with Crippen molar-refractivity contribution < 1.29 is 4.42 Å². The van der Waals surface area contributed by atoms with E-state index in [1.807, 2.05) is 0 Å². The van der Waals surface area contributed by atoms with Gasteiger partial charge in [0.05, 0.1) is 0 Å². The third-order valence-corrected chi connectivity index (χ3v) is 19.5. The van der Waals surface area contributed by atoms with E-state index < -0.39 is 0 Å². The number of fused-ring (bicyclic) bond motifs is 9. The van der Waals surface area contributed by atoms with E-state index in [1.165, 1.54) is 107 Å². The predicted molar refractivity (Wildman–Crippen MR) is 340 cm³/mol. The lowest BCUT2D eigenvalue weighted by molar-refractivity contribution is 0.332. The fourth-order valence-corrected chi connectivity index (χ4v) is 14.3. The lowest BCUT2D eigenvalue weighted by Crippen LogP contribution is -2.62. The van der Waals surface area contributed by atoms with Gasteiger partial charge < -0.3 is 19.1 Å². The van der Waals surface area contributed by atoms with Gasteiger partial charge in [0.25, 0.3) is 6.71 Å². The SMILES string of the molecule is Cc1ccccc1N(c1ccc2c(c1)N(c1ccc3oc4cc(C(C)(C)C)ccc4c3c1)c1cc(C(C)(C)C)cc3c1B2c1cc2c(cc1N3c1ccc3c(c1)C(C)(C)CCC3(C)C)C(C)(C)CCC2(C)C)c1ccccc1C. The van der Waals surface area contributed by atoms with E-state index in [0.717, 1.165) is 52.6 Å². The zero-order valence-electron chi connectivity index (χ0n) is 50.0. The third kappa shape index (κ3) is 8.05. The highest BCUT2D eigenvalue weighted by Crippen LogP contribution is 2.54. The van der Waals surface area contributed by atoms with Crippen LogP contribution in [0.5, 0.6) is 0 Å². The minimum atomic E-state index is -0.174. The van der Waals surface area contributed by atoms with Crippen LogP contribution < -0.4 is 31.1 Å². The normalized spacial score (nSPS) is 17.5. The van der Waals surface area contributed by atoms with Crippen LogP contribution in [0.4, 0.5) is 51.2 Å². The molecule has 0 amide bonds. The van der Waals surface area contributed by atoms with Crippen molar-refractivity contribution in [3.63, 3.8) is 0 Å². The molecule has 0 atom stereocenters. The molecule has 0 spiro atoms. The molecule has 1 aromatic heterocycles. The van der Waals surface area contributed by atoms with Crippen molar-refractivity contribution in [2.75, 3.05) is 14.7 Å². The van der Waals surface area contributed by atoms with Crippen molar-refractivity contribution in [2.45, 2.75) is 169 Å². The molecule has 5 heteroatoms. The quantitative estimate of drug-likeness (QED) is 0.160. The second-order valence-electron chi connectivity index (χ2n) is 28.9. The van der Waals surface area contributed by atoms with Crippen LogP contribution in [-0.2, 0) is 32.5 Å². The molecule has 0 N–H and O–H groups in total. The molecule has 0 unspecified atom stereocenters. The first-order valence-corrected chi connectivity index (χ1v) is 29.4. The molecule has 2 aliphatic heterocycles. The van der Waals surface area contributed by atoms with Crippen LogP contribution in [0.3, 0.4) is 0 Å². The Bertz CT molecular complexity index is 3950. The molecule has 79 heavy (non-hydrogen) atoms. The molecule has 0 saturated heterocycles. The van der Waals surface area contributed by atoms with E-state index in [4.69, 9.17) is 4.42 Å². The first-order valence-electron chi connectivity index (χ1n) is 29.4. The summed E-state index contributed by atoms with van der Waals surface area (Å²) in [6, 6.07) is 56.9. The van der Waals surface area contributed by atoms with Crippen molar-refractivity contribution in [3.8, 4) is 0 Å². The zero-order chi connectivity index (χ0) is 55.7. The molecule has 9 aromatic rings. The molecule has 13 rings (SSSR count). The number of furan rings is 1. The number of aryl methyl sites for hydroxylation is 2. The Hall–Kier alpha value is -6.98. The highest BCUT2D eigenvalue weighted by molar-refractivity contribution is 7.00. The highest BCUT2D eigenvalue weighted by atomic mass is 16.3. The Morgan fingerprint density at radius 1 is 0.430 bits per heavy atom. The average Bonchev–Trinajstić information content (AvgIpc) is 3.69. The smallest absolute Gasteiger partial charge is 0.252 e. The van der Waals surface area contributed by atoms with Gasteiger partial charge in [-0.1, -0.05) is 164 Å². The topological polar surface area (TPSA) is 22.9 Å². The van der Waals surface area contributed by atoms with Gasteiger partial charge in [-0.2, -0.15) is 0 Å². The molecule has 4 aliphatic rings. The van der Waals surface area contributed by atoms with Gasteiger partial charge in [-0.3, -0.25) is 0 Å². The first-order chi connectivity index (χ1) is 37.2. The van der Waals surface area contributed by atoms with Gasteiger partial charge in [0, 0.05) is 62.0 Å². The maximum Gasteiger partial charge on any atom is 0.252 e. The van der Waals surface area contributed by atoms with Crippen molar-refractivity contribution in [1.29, 1.82) is 0 Å². The van der Waals surface area contributed by atoms with Crippen LogP contribution in [0, 0.1) is 13.8 Å². The molecule has 0 fully saturated rings. The number of hydrogen-bond donors (Lipinski definition) is 0. The molecular weight excluding hydrogens is 958 g/mol. The standard InChI is InChI=1S/C74H80BN3O/c1-45-21-17-19-23-60(45)76(61-24-20-18-22-46(61)2)51-27-31-58-62(42-51)77(49-28-32-66-53(40-49)52-29-25-47(69(3,4)5)39-67(52)79-66)64-37-48(70(6,7)8)38-65-68(64)75(58)59-43-56-57(74(15,16)36-35-73(56,13)14)44-63(59)78(65)50-26-30-54-55(41-50)72(11,12)34-33-71(54,9)10/h17-32,37-44H,33-36H2,1-16H3. The summed E-state index contributed by atoms with van der Waals surface area (Å²) in [5.41, 5.74) is 27.6. The maximum absolute atomic E-state index is 6.78. The van der Waals surface area contributed by atoms with Gasteiger partial charge in [0.1, 0.15) is 11.2 Å². The van der Waals surface area contributed by atoms with E-state index in [2.05, 4.69) is 271 Å². The molecular formula is C74H80BN3O. The first kappa shape index (κ1) is 51.5. The Labute approximate surface area is 471 Å². The minimum absolute atomic E-state index is 0.00460. The summed E-state index contributed by atoms with van der Waals surface area (Å²) in [7, 11) is 0. The monoisotopic (exact) mass is 1040 g/mol. The summed E-state index contributed by atoms with van der Waals surface area (Å²) in [5.74, 6) is 0. The van der Waals surface area contributed by atoms with E-state index in [1.54, 1.807) is 0 Å². The molecule has 0 radical (unpaired) electrons. The Morgan fingerprint density at radius 2 is 0.949 bits per heavy atom. The summed E-state index contributed by atoms with van der Waals surface area (Å²) in [6.07, 6.45) is 4.64. The van der Waals surface area contributed by atoms with Gasteiger partial charge in [-0.15, -0.1) is 0 Å². The summed E-state index contributed by atoms with van der Waals surface area (Å²) in [5, 5.41) is 2.26. The third-order valence-electron chi connectivity index (χ3n) is 19.5. The van der Waals surface area contributed by atoms with E-state index >= 15 is 0 Å². The van der Waals surface area contributed by atoms with Gasteiger partial charge in [-0.05, 0) is 212 Å². The molecule has 8 aromatic carbocycles. The molecule has 0 bridgehead atoms. The van der Waals surface area contributed by atoms with E-state index in [0.29, 0.717) is 0 Å². The van der Waals surface area contributed by atoms with Crippen molar-refractivity contribution in [1.82, 2.24) is 0 Å². The van der Waals surface area contributed by atoms with Crippen LogP contribution in [0.2, 0.25) is 0 Å². The largest absolute Gasteiger partial charge is 0.456 e. The van der Waals surface area contributed by atoms with Gasteiger partial charge in [-0.25, -0.2) is 0 Å². The van der Waals surface area contributed by atoms with Crippen molar-refractivity contribution in [2.24, 2.45) is 0 Å².